The standard InChI is InChI=1S/C25H30ClN3O6S/c1-15(22(30)27-20-11-10-18(29(33)34)14-19(20)26)35-24(32)21(12-13-36-5)28-23(31)16-6-8-17(9-7-16)25(2,3)4/h6-11,14-15,21H,12-13H2,1-5H3,(H,27,30)(H,28,31). The molecule has 2 aromatic carbocycles. The van der Waals surface area contributed by atoms with E-state index < -0.39 is 34.9 Å². The van der Waals surface area contributed by atoms with E-state index in [1.54, 1.807) is 12.1 Å². The molecule has 0 spiro atoms. The van der Waals surface area contributed by atoms with Gasteiger partial charge in [-0.05, 0) is 54.5 Å². The normalized spacial score (nSPS) is 12.8. The molecule has 0 heterocycles. The number of ether oxygens (including phenoxy) is 1. The van der Waals surface area contributed by atoms with Crippen LogP contribution in [-0.2, 0) is 19.7 Å². The fourth-order valence-electron chi connectivity index (χ4n) is 3.11. The molecule has 0 aliphatic heterocycles. The van der Waals surface area contributed by atoms with Crippen molar-refractivity contribution >= 4 is 52.5 Å². The second-order valence-corrected chi connectivity index (χ2v) is 10.5. The second-order valence-electron chi connectivity index (χ2n) is 9.12. The van der Waals surface area contributed by atoms with E-state index in [1.807, 2.05) is 18.4 Å². The summed E-state index contributed by atoms with van der Waals surface area (Å²) in [4.78, 5) is 48.4. The summed E-state index contributed by atoms with van der Waals surface area (Å²) in [7, 11) is 0. The molecular formula is C25H30ClN3O6S. The van der Waals surface area contributed by atoms with Crippen molar-refractivity contribution < 1.29 is 24.0 Å². The quantitative estimate of drug-likeness (QED) is 0.250. The van der Waals surface area contributed by atoms with Gasteiger partial charge in [0.25, 0.3) is 17.5 Å². The summed E-state index contributed by atoms with van der Waals surface area (Å²) >= 11 is 7.51. The van der Waals surface area contributed by atoms with E-state index >= 15 is 0 Å². The first-order chi connectivity index (χ1) is 16.8. The van der Waals surface area contributed by atoms with E-state index in [4.69, 9.17) is 16.3 Å². The van der Waals surface area contributed by atoms with Gasteiger partial charge in [0.2, 0.25) is 0 Å². The van der Waals surface area contributed by atoms with Gasteiger partial charge in [-0.25, -0.2) is 4.79 Å². The number of carbonyl (C=O) groups is 3. The van der Waals surface area contributed by atoms with Gasteiger partial charge in [0.15, 0.2) is 6.10 Å². The number of anilines is 1. The molecule has 0 aliphatic carbocycles. The maximum absolute atomic E-state index is 12.8. The van der Waals surface area contributed by atoms with Crippen molar-refractivity contribution in [1.29, 1.82) is 0 Å². The summed E-state index contributed by atoms with van der Waals surface area (Å²) < 4.78 is 5.32. The summed E-state index contributed by atoms with van der Waals surface area (Å²) in [5, 5.41) is 16.0. The number of rotatable bonds is 10. The first kappa shape index (κ1) is 29.1. The molecule has 2 atom stereocenters. The maximum atomic E-state index is 12.8. The zero-order valence-electron chi connectivity index (χ0n) is 20.8. The minimum atomic E-state index is -1.21. The number of carbonyl (C=O) groups excluding carboxylic acids is 3. The number of amides is 2. The summed E-state index contributed by atoms with van der Waals surface area (Å²) in [5.41, 5.74) is 1.34. The van der Waals surface area contributed by atoms with Gasteiger partial charge in [-0.15, -0.1) is 0 Å². The highest BCUT2D eigenvalue weighted by Gasteiger charge is 2.27. The molecule has 2 unspecified atom stereocenters. The highest BCUT2D eigenvalue weighted by molar-refractivity contribution is 7.98. The summed E-state index contributed by atoms with van der Waals surface area (Å²) in [5.74, 6) is -1.26. The van der Waals surface area contributed by atoms with Gasteiger partial charge in [-0.3, -0.25) is 19.7 Å². The van der Waals surface area contributed by atoms with Gasteiger partial charge >= 0.3 is 5.97 Å². The van der Waals surface area contributed by atoms with Crippen LogP contribution in [-0.4, -0.2) is 46.9 Å². The van der Waals surface area contributed by atoms with Crippen molar-refractivity contribution in [3.63, 3.8) is 0 Å². The van der Waals surface area contributed by atoms with Crippen LogP contribution in [0.5, 0.6) is 0 Å². The van der Waals surface area contributed by atoms with E-state index in [1.165, 1.54) is 30.8 Å². The minimum absolute atomic E-state index is 0.0290. The lowest BCUT2D eigenvalue weighted by Crippen LogP contribution is -2.44. The van der Waals surface area contributed by atoms with Crippen LogP contribution >= 0.6 is 23.4 Å². The molecule has 36 heavy (non-hydrogen) atoms. The number of nitro benzene ring substituents is 1. The molecule has 194 valence electrons. The van der Waals surface area contributed by atoms with Crippen LogP contribution in [0.3, 0.4) is 0 Å². The fourth-order valence-corrected chi connectivity index (χ4v) is 3.80. The number of nitro groups is 1. The van der Waals surface area contributed by atoms with Crippen LogP contribution in [0, 0.1) is 10.1 Å². The highest BCUT2D eigenvalue weighted by Crippen LogP contribution is 2.27. The Labute approximate surface area is 219 Å². The molecule has 0 saturated heterocycles. The molecule has 2 amide bonds. The fraction of sp³-hybridized carbons (Fsp3) is 0.400. The van der Waals surface area contributed by atoms with Gasteiger partial charge in [0.1, 0.15) is 6.04 Å². The maximum Gasteiger partial charge on any atom is 0.329 e. The minimum Gasteiger partial charge on any atom is -0.451 e. The van der Waals surface area contributed by atoms with Crippen LogP contribution in [0.25, 0.3) is 0 Å². The van der Waals surface area contributed by atoms with E-state index in [9.17, 15) is 24.5 Å². The van der Waals surface area contributed by atoms with Gasteiger partial charge < -0.3 is 15.4 Å². The molecule has 2 rings (SSSR count). The third-order valence-electron chi connectivity index (χ3n) is 5.30. The zero-order valence-corrected chi connectivity index (χ0v) is 22.4. The highest BCUT2D eigenvalue weighted by atomic mass is 35.5. The zero-order chi connectivity index (χ0) is 27.0. The van der Waals surface area contributed by atoms with Gasteiger partial charge in [-0.1, -0.05) is 44.5 Å². The van der Waals surface area contributed by atoms with Crippen molar-refractivity contribution in [2.24, 2.45) is 0 Å². The third-order valence-corrected chi connectivity index (χ3v) is 6.25. The van der Waals surface area contributed by atoms with E-state index in [0.717, 1.165) is 11.6 Å². The van der Waals surface area contributed by atoms with Crippen LogP contribution in [0.1, 0.15) is 50.0 Å². The number of halogens is 1. The van der Waals surface area contributed by atoms with Gasteiger partial charge in [0.05, 0.1) is 15.6 Å². The Balaban J connectivity index is 2.05. The average molecular weight is 536 g/mol. The molecule has 0 bridgehead atoms. The van der Waals surface area contributed by atoms with E-state index in [2.05, 4.69) is 31.4 Å². The first-order valence-electron chi connectivity index (χ1n) is 11.2. The van der Waals surface area contributed by atoms with Crippen LogP contribution in [0.15, 0.2) is 42.5 Å². The van der Waals surface area contributed by atoms with E-state index in [0.29, 0.717) is 17.7 Å². The molecule has 0 saturated carbocycles. The average Bonchev–Trinajstić information content (AvgIpc) is 2.82. The molecule has 2 N–H and O–H groups in total. The monoisotopic (exact) mass is 535 g/mol. The summed E-state index contributed by atoms with van der Waals surface area (Å²) in [6, 6.07) is 9.80. The van der Waals surface area contributed by atoms with Crippen molar-refractivity contribution in [3.8, 4) is 0 Å². The Bertz CT molecular complexity index is 1120. The number of hydrogen-bond acceptors (Lipinski definition) is 7. The number of esters is 1. The lowest BCUT2D eigenvalue weighted by molar-refractivity contribution is -0.384. The Morgan fingerprint density at radius 3 is 2.31 bits per heavy atom. The number of thioether (sulfide) groups is 1. The summed E-state index contributed by atoms with van der Waals surface area (Å²) in [6.07, 6.45) is 0.983. The third kappa shape index (κ3) is 8.23. The predicted octanol–water partition coefficient (Wildman–Crippen LogP) is 4.97. The molecule has 9 nitrogen and oxygen atoms in total. The smallest absolute Gasteiger partial charge is 0.329 e. The largest absolute Gasteiger partial charge is 0.451 e. The molecule has 0 fully saturated rings. The Morgan fingerprint density at radius 1 is 1.14 bits per heavy atom. The number of benzene rings is 2. The SMILES string of the molecule is CSCCC(NC(=O)c1ccc(C(C)(C)C)cc1)C(=O)OC(C)C(=O)Nc1ccc([N+](=O)[O-])cc1Cl. The van der Waals surface area contributed by atoms with Crippen molar-refractivity contribution in [3.05, 3.63) is 68.7 Å². The number of hydrogen-bond donors (Lipinski definition) is 2. The molecule has 2 aromatic rings. The lowest BCUT2D eigenvalue weighted by atomic mass is 9.86. The van der Waals surface area contributed by atoms with E-state index in [-0.39, 0.29) is 21.8 Å². The Morgan fingerprint density at radius 2 is 1.78 bits per heavy atom. The number of nitrogens with zero attached hydrogens (tertiary/aromatic N) is 1. The van der Waals surface area contributed by atoms with Crippen LogP contribution in [0.2, 0.25) is 5.02 Å². The Hall–Kier alpha value is -3.11. The van der Waals surface area contributed by atoms with Crippen molar-refractivity contribution in [2.45, 2.75) is 51.7 Å². The molecule has 0 aliphatic rings. The topological polar surface area (TPSA) is 128 Å². The predicted molar refractivity (Wildman–Crippen MR) is 142 cm³/mol. The van der Waals surface area contributed by atoms with Crippen molar-refractivity contribution in [1.82, 2.24) is 5.32 Å². The second kappa shape index (κ2) is 12.7. The number of non-ortho nitro benzene ring substituents is 1. The first-order valence-corrected chi connectivity index (χ1v) is 13.0. The Kier molecular flexibility index (Phi) is 10.3. The molecule has 0 radical (unpaired) electrons. The van der Waals surface area contributed by atoms with Crippen LogP contribution < -0.4 is 10.6 Å². The molecule has 0 aromatic heterocycles. The van der Waals surface area contributed by atoms with Crippen LogP contribution in [0.4, 0.5) is 11.4 Å². The molecule has 11 heteroatoms. The van der Waals surface area contributed by atoms with Crippen molar-refractivity contribution in [2.75, 3.05) is 17.3 Å². The van der Waals surface area contributed by atoms with Gasteiger partial charge in [-0.2, -0.15) is 11.8 Å². The summed E-state index contributed by atoms with van der Waals surface area (Å²) in [6.45, 7) is 7.60. The van der Waals surface area contributed by atoms with Gasteiger partial charge in [0, 0.05) is 17.7 Å². The lowest BCUT2D eigenvalue weighted by Gasteiger charge is -2.21. The number of nitrogens with one attached hydrogen (secondary N) is 2. The molecular weight excluding hydrogens is 506 g/mol.